The van der Waals surface area contributed by atoms with Gasteiger partial charge in [0, 0.05) is 25.2 Å². The van der Waals surface area contributed by atoms with Gasteiger partial charge in [0.05, 0.1) is 34.4 Å². The minimum atomic E-state index is 0.492. The largest absolute Gasteiger partial charge is 0.497 e. The summed E-state index contributed by atoms with van der Waals surface area (Å²) < 4.78 is 18.0. The van der Waals surface area contributed by atoms with Gasteiger partial charge in [-0.1, -0.05) is 12.1 Å². The van der Waals surface area contributed by atoms with Crippen LogP contribution >= 0.6 is 0 Å². The number of nitrogens with zero attached hydrogens (tertiary/aromatic N) is 4. The van der Waals surface area contributed by atoms with Crippen LogP contribution in [0.3, 0.4) is 0 Å². The summed E-state index contributed by atoms with van der Waals surface area (Å²) in [6, 6.07) is 13.6. The SMILES string of the molecule is COc1ccc(CN=C(NCc2ccc(OC)cc2OC)NCc2nnc(C)n2C)cc1. The molecule has 9 heteroatoms. The van der Waals surface area contributed by atoms with Crippen molar-refractivity contribution in [3.05, 3.63) is 65.2 Å². The first-order valence-corrected chi connectivity index (χ1v) is 10.2. The molecular formula is C23H30N6O3. The van der Waals surface area contributed by atoms with E-state index >= 15 is 0 Å². The molecule has 3 rings (SSSR count). The Labute approximate surface area is 188 Å². The first kappa shape index (κ1) is 22.9. The summed E-state index contributed by atoms with van der Waals surface area (Å²) in [4.78, 5) is 4.74. The number of aliphatic imine (C=N–C) groups is 1. The topological polar surface area (TPSA) is 94.8 Å². The van der Waals surface area contributed by atoms with Gasteiger partial charge in [0.25, 0.3) is 0 Å². The average Bonchev–Trinajstić information content (AvgIpc) is 3.16. The third-order valence-electron chi connectivity index (χ3n) is 5.12. The lowest BCUT2D eigenvalue weighted by Crippen LogP contribution is -2.37. The number of aromatic nitrogens is 3. The van der Waals surface area contributed by atoms with Crippen molar-refractivity contribution < 1.29 is 14.2 Å². The molecule has 1 aromatic heterocycles. The molecule has 0 aliphatic carbocycles. The second kappa shape index (κ2) is 11.0. The maximum absolute atomic E-state index is 5.51. The van der Waals surface area contributed by atoms with Gasteiger partial charge >= 0.3 is 0 Å². The first-order valence-electron chi connectivity index (χ1n) is 10.2. The van der Waals surface area contributed by atoms with Crippen LogP contribution in [0.5, 0.6) is 17.2 Å². The predicted molar refractivity (Wildman–Crippen MR) is 123 cm³/mol. The van der Waals surface area contributed by atoms with Crippen molar-refractivity contribution in [2.24, 2.45) is 12.0 Å². The zero-order chi connectivity index (χ0) is 22.9. The Bertz CT molecular complexity index is 1050. The highest BCUT2D eigenvalue weighted by Crippen LogP contribution is 2.24. The summed E-state index contributed by atoms with van der Waals surface area (Å²) in [5, 5.41) is 15.0. The second-order valence-electron chi connectivity index (χ2n) is 7.12. The van der Waals surface area contributed by atoms with Crippen molar-refractivity contribution in [2.45, 2.75) is 26.6 Å². The minimum absolute atomic E-state index is 0.492. The molecule has 2 aromatic carbocycles. The van der Waals surface area contributed by atoms with Crippen molar-refractivity contribution >= 4 is 5.96 Å². The molecule has 0 saturated carbocycles. The summed E-state index contributed by atoms with van der Waals surface area (Å²) >= 11 is 0. The van der Waals surface area contributed by atoms with Crippen molar-refractivity contribution in [1.29, 1.82) is 0 Å². The van der Waals surface area contributed by atoms with Crippen molar-refractivity contribution in [3.63, 3.8) is 0 Å². The molecule has 0 spiro atoms. The molecule has 0 saturated heterocycles. The van der Waals surface area contributed by atoms with Gasteiger partial charge in [0.1, 0.15) is 23.1 Å². The van der Waals surface area contributed by atoms with Crippen LogP contribution in [-0.4, -0.2) is 42.1 Å². The third kappa shape index (κ3) is 5.90. The number of ether oxygens (including phenoxy) is 3. The smallest absolute Gasteiger partial charge is 0.192 e. The van der Waals surface area contributed by atoms with E-state index in [-0.39, 0.29) is 0 Å². The molecule has 1 heterocycles. The molecule has 9 nitrogen and oxygen atoms in total. The summed E-state index contributed by atoms with van der Waals surface area (Å²) in [7, 11) is 6.87. The summed E-state index contributed by atoms with van der Waals surface area (Å²) in [5.74, 6) is 4.64. The highest BCUT2D eigenvalue weighted by molar-refractivity contribution is 5.79. The van der Waals surface area contributed by atoms with Gasteiger partial charge in [-0.2, -0.15) is 0 Å². The molecule has 170 valence electrons. The van der Waals surface area contributed by atoms with E-state index in [0.717, 1.165) is 40.0 Å². The van der Waals surface area contributed by atoms with E-state index in [2.05, 4.69) is 20.8 Å². The van der Waals surface area contributed by atoms with Gasteiger partial charge in [-0.25, -0.2) is 4.99 Å². The van der Waals surface area contributed by atoms with Gasteiger partial charge in [0.15, 0.2) is 11.8 Å². The zero-order valence-corrected chi connectivity index (χ0v) is 19.2. The van der Waals surface area contributed by atoms with E-state index in [1.165, 1.54) is 0 Å². The number of hydrogen-bond donors (Lipinski definition) is 2. The number of hydrogen-bond acceptors (Lipinski definition) is 6. The Morgan fingerprint density at radius 2 is 1.59 bits per heavy atom. The second-order valence-corrected chi connectivity index (χ2v) is 7.12. The average molecular weight is 439 g/mol. The van der Waals surface area contributed by atoms with Crippen molar-refractivity contribution in [3.8, 4) is 17.2 Å². The van der Waals surface area contributed by atoms with Crippen LogP contribution in [0, 0.1) is 6.92 Å². The molecule has 0 aliphatic heterocycles. The van der Waals surface area contributed by atoms with Crippen molar-refractivity contribution in [2.75, 3.05) is 21.3 Å². The van der Waals surface area contributed by atoms with Gasteiger partial charge < -0.3 is 29.4 Å². The molecule has 0 radical (unpaired) electrons. The number of aryl methyl sites for hydroxylation is 1. The number of methoxy groups -OCH3 is 3. The number of guanidine groups is 1. The summed E-state index contributed by atoms with van der Waals surface area (Å²) in [5.41, 5.74) is 2.06. The fraction of sp³-hybridized carbons (Fsp3) is 0.348. The number of benzene rings is 2. The van der Waals surface area contributed by atoms with Crippen LogP contribution in [0.4, 0.5) is 0 Å². The van der Waals surface area contributed by atoms with E-state index in [1.54, 1.807) is 21.3 Å². The maximum Gasteiger partial charge on any atom is 0.192 e. The Morgan fingerprint density at radius 3 is 2.22 bits per heavy atom. The van der Waals surface area contributed by atoms with Crippen LogP contribution in [-0.2, 0) is 26.7 Å². The monoisotopic (exact) mass is 438 g/mol. The van der Waals surface area contributed by atoms with Crippen LogP contribution in [0.25, 0.3) is 0 Å². The Kier molecular flexibility index (Phi) is 7.91. The Hall–Kier alpha value is -3.75. The van der Waals surface area contributed by atoms with E-state index < -0.39 is 0 Å². The molecule has 0 atom stereocenters. The first-order chi connectivity index (χ1) is 15.5. The Morgan fingerprint density at radius 1 is 0.906 bits per heavy atom. The van der Waals surface area contributed by atoms with Crippen LogP contribution in [0.15, 0.2) is 47.5 Å². The van der Waals surface area contributed by atoms with Gasteiger partial charge in [0.2, 0.25) is 0 Å². The molecule has 2 N–H and O–H groups in total. The lowest BCUT2D eigenvalue weighted by atomic mass is 10.2. The predicted octanol–water partition coefficient (Wildman–Crippen LogP) is 2.58. The minimum Gasteiger partial charge on any atom is -0.497 e. The normalized spacial score (nSPS) is 11.2. The lowest BCUT2D eigenvalue weighted by molar-refractivity contribution is 0.390. The molecule has 0 aliphatic rings. The highest BCUT2D eigenvalue weighted by Gasteiger charge is 2.09. The number of rotatable bonds is 9. The van der Waals surface area contributed by atoms with Crippen molar-refractivity contribution in [1.82, 2.24) is 25.4 Å². The van der Waals surface area contributed by atoms with Crippen LogP contribution in [0.1, 0.15) is 22.8 Å². The standard InChI is InChI=1S/C23H30N6O3/c1-16-27-28-22(29(16)2)15-26-23(24-13-17-6-9-19(30-3)10-7-17)25-14-18-8-11-20(31-4)12-21(18)32-5/h6-12H,13-15H2,1-5H3,(H2,24,25,26). The molecule has 0 amide bonds. The molecule has 0 unspecified atom stereocenters. The highest BCUT2D eigenvalue weighted by atomic mass is 16.5. The molecule has 32 heavy (non-hydrogen) atoms. The maximum atomic E-state index is 5.51. The van der Waals surface area contributed by atoms with Gasteiger partial charge in [-0.15, -0.1) is 10.2 Å². The van der Waals surface area contributed by atoms with Crippen LogP contribution in [0.2, 0.25) is 0 Å². The van der Waals surface area contributed by atoms with E-state index in [1.807, 2.05) is 61.0 Å². The fourth-order valence-corrected chi connectivity index (χ4v) is 3.02. The van der Waals surface area contributed by atoms with E-state index in [0.29, 0.717) is 25.6 Å². The zero-order valence-electron chi connectivity index (χ0n) is 19.2. The summed E-state index contributed by atoms with van der Waals surface area (Å²) in [6.07, 6.45) is 0. The third-order valence-corrected chi connectivity index (χ3v) is 5.12. The molecule has 3 aromatic rings. The van der Waals surface area contributed by atoms with Gasteiger partial charge in [-0.3, -0.25) is 0 Å². The Balaban J connectivity index is 1.73. The lowest BCUT2D eigenvalue weighted by Gasteiger charge is -2.15. The van der Waals surface area contributed by atoms with E-state index in [9.17, 15) is 0 Å². The van der Waals surface area contributed by atoms with Crippen LogP contribution < -0.4 is 24.8 Å². The fourth-order valence-electron chi connectivity index (χ4n) is 3.02. The molecular weight excluding hydrogens is 408 g/mol. The molecule has 0 bridgehead atoms. The van der Waals surface area contributed by atoms with Gasteiger partial charge in [-0.05, 0) is 36.8 Å². The quantitative estimate of drug-likeness (QED) is 0.392. The van der Waals surface area contributed by atoms with E-state index in [4.69, 9.17) is 19.2 Å². The number of nitrogens with one attached hydrogen (secondary N) is 2. The molecule has 0 fully saturated rings. The summed E-state index contributed by atoms with van der Waals surface area (Å²) in [6.45, 7) is 3.45.